The van der Waals surface area contributed by atoms with Gasteiger partial charge < -0.3 is 4.74 Å². The number of anilines is 1. The lowest BCUT2D eigenvalue weighted by Gasteiger charge is -2.07. The summed E-state index contributed by atoms with van der Waals surface area (Å²) in [4.78, 5) is 11.6. The number of amides is 1. The molecule has 8 heteroatoms. The number of carbonyl (C=O) groups excluding carboxylic acids is 1. The summed E-state index contributed by atoms with van der Waals surface area (Å²) in [5, 5.41) is 10.1. The Bertz CT molecular complexity index is 603. The fraction of sp³-hybridized carbons (Fsp3) is 0.0833. The number of benzene rings is 1. The van der Waals surface area contributed by atoms with Crippen LogP contribution in [0.2, 0.25) is 0 Å². The quantitative estimate of drug-likeness (QED) is 0.862. The van der Waals surface area contributed by atoms with Crippen molar-refractivity contribution in [3.05, 3.63) is 41.4 Å². The number of rotatable bonds is 5. The summed E-state index contributed by atoms with van der Waals surface area (Å²) in [5.74, 6) is -0.434. The van der Waals surface area contributed by atoms with E-state index in [1.807, 2.05) is 0 Å². The predicted octanol–water partition coefficient (Wildman–Crippen LogP) is 2.79. The average Bonchev–Trinajstić information content (AvgIpc) is 2.90. The molecule has 1 aromatic carbocycles. The molecule has 2 aromatic rings. The van der Waals surface area contributed by atoms with Gasteiger partial charge in [0, 0.05) is 11.6 Å². The van der Waals surface area contributed by atoms with Crippen LogP contribution in [0.25, 0.3) is 6.08 Å². The van der Waals surface area contributed by atoms with E-state index < -0.39 is 12.5 Å². The normalized spacial score (nSPS) is 10.9. The first-order valence-corrected chi connectivity index (χ1v) is 6.32. The van der Waals surface area contributed by atoms with E-state index in [1.54, 1.807) is 18.2 Å². The Morgan fingerprint density at radius 3 is 2.90 bits per heavy atom. The Morgan fingerprint density at radius 2 is 2.20 bits per heavy atom. The first-order chi connectivity index (χ1) is 9.65. The molecule has 0 unspecified atom stereocenters. The molecule has 1 N–H and O–H groups in total. The number of carbonyl (C=O) groups is 1. The van der Waals surface area contributed by atoms with Gasteiger partial charge in [-0.2, -0.15) is 8.78 Å². The number of nitrogens with zero attached hydrogens (tertiary/aromatic N) is 2. The topological polar surface area (TPSA) is 64.1 Å². The number of nitrogens with one attached hydrogen (secondary N) is 1. The van der Waals surface area contributed by atoms with E-state index in [0.29, 0.717) is 10.7 Å². The van der Waals surface area contributed by atoms with Crippen LogP contribution in [-0.4, -0.2) is 22.7 Å². The van der Waals surface area contributed by atoms with Crippen molar-refractivity contribution in [3.8, 4) is 5.75 Å². The number of ether oxygens (including phenoxy) is 1. The maximum absolute atomic E-state index is 12.2. The van der Waals surface area contributed by atoms with Gasteiger partial charge in [-0.25, -0.2) is 0 Å². The van der Waals surface area contributed by atoms with Crippen molar-refractivity contribution >= 4 is 28.5 Å². The van der Waals surface area contributed by atoms with Crippen molar-refractivity contribution in [2.75, 3.05) is 5.32 Å². The highest BCUT2D eigenvalue weighted by Crippen LogP contribution is 2.21. The number of hydrogen-bond donors (Lipinski definition) is 1. The molecule has 104 valence electrons. The number of alkyl halides is 2. The molecule has 0 radical (unpaired) electrons. The van der Waals surface area contributed by atoms with Crippen LogP contribution in [0.15, 0.2) is 35.9 Å². The fourth-order valence-corrected chi connectivity index (χ4v) is 1.81. The first kappa shape index (κ1) is 14.1. The Morgan fingerprint density at radius 1 is 1.40 bits per heavy atom. The van der Waals surface area contributed by atoms with Crippen molar-refractivity contribution < 1.29 is 18.3 Å². The summed E-state index contributed by atoms with van der Waals surface area (Å²) < 4.78 is 28.8. The predicted molar refractivity (Wildman–Crippen MR) is 70.6 cm³/mol. The van der Waals surface area contributed by atoms with Gasteiger partial charge in [-0.15, -0.1) is 10.2 Å². The number of aromatic nitrogens is 2. The van der Waals surface area contributed by atoms with Crippen LogP contribution in [-0.2, 0) is 4.79 Å². The minimum absolute atomic E-state index is 0.00228. The van der Waals surface area contributed by atoms with Gasteiger partial charge in [0.05, 0.1) is 0 Å². The second kappa shape index (κ2) is 6.71. The standard InChI is InChI=1S/C12H9F2N3O2S/c13-11(14)19-9-4-2-1-3-8(9)5-6-10(18)16-12-17-15-7-20-12/h1-7,11H,(H,16,17,18)/b6-5+. The Labute approximate surface area is 116 Å². The van der Waals surface area contributed by atoms with Crippen LogP contribution in [0.1, 0.15) is 5.56 Å². The summed E-state index contributed by atoms with van der Waals surface area (Å²) in [6, 6.07) is 6.18. The maximum Gasteiger partial charge on any atom is 0.387 e. The number of halogens is 2. The molecule has 1 amide bonds. The van der Waals surface area contributed by atoms with Crippen LogP contribution < -0.4 is 10.1 Å². The molecule has 0 aliphatic heterocycles. The molecule has 0 aliphatic rings. The third-order valence-electron chi connectivity index (χ3n) is 2.14. The molecule has 0 fully saturated rings. The molecule has 0 spiro atoms. The molecule has 20 heavy (non-hydrogen) atoms. The highest BCUT2D eigenvalue weighted by molar-refractivity contribution is 7.13. The second-order valence-electron chi connectivity index (χ2n) is 3.48. The summed E-state index contributed by atoms with van der Waals surface area (Å²) in [5.41, 5.74) is 1.85. The van der Waals surface area contributed by atoms with Gasteiger partial charge in [-0.3, -0.25) is 10.1 Å². The van der Waals surface area contributed by atoms with Crippen LogP contribution in [0.3, 0.4) is 0 Å². The van der Waals surface area contributed by atoms with Crippen molar-refractivity contribution in [1.82, 2.24) is 10.2 Å². The van der Waals surface area contributed by atoms with Gasteiger partial charge >= 0.3 is 6.61 Å². The molecule has 5 nitrogen and oxygen atoms in total. The minimum atomic E-state index is -2.92. The van der Waals surface area contributed by atoms with Crippen molar-refractivity contribution in [3.63, 3.8) is 0 Å². The maximum atomic E-state index is 12.2. The van der Waals surface area contributed by atoms with Crippen molar-refractivity contribution in [1.29, 1.82) is 0 Å². The SMILES string of the molecule is O=C(/C=C/c1ccccc1OC(F)F)Nc1nncs1. The zero-order valence-corrected chi connectivity index (χ0v) is 10.8. The first-order valence-electron chi connectivity index (χ1n) is 5.44. The summed E-state index contributed by atoms with van der Waals surface area (Å²) >= 11 is 1.17. The molecule has 0 saturated heterocycles. The highest BCUT2D eigenvalue weighted by atomic mass is 32.1. The molecule has 1 heterocycles. The minimum Gasteiger partial charge on any atom is -0.434 e. The van der Waals surface area contributed by atoms with Gasteiger partial charge in [0.25, 0.3) is 0 Å². The van der Waals surface area contributed by atoms with Gasteiger partial charge in [-0.05, 0) is 12.1 Å². The number of hydrogen-bond acceptors (Lipinski definition) is 5. The van der Waals surface area contributed by atoms with E-state index in [9.17, 15) is 13.6 Å². The lowest BCUT2D eigenvalue weighted by molar-refractivity contribution is -0.111. The van der Waals surface area contributed by atoms with E-state index in [2.05, 4.69) is 20.3 Å². The van der Waals surface area contributed by atoms with Gasteiger partial charge in [0.2, 0.25) is 11.0 Å². The molecule has 0 aliphatic carbocycles. The molecule has 0 bridgehead atoms. The lowest BCUT2D eigenvalue weighted by Crippen LogP contribution is -2.07. The molecule has 0 atom stereocenters. The fourth-order valence-electron chi connectivity index (χ4n) is 1.36. The van der Waals surface area contributed by atoms with Crippen LogP contribution in [0.4, 0.5) is 13.9 Å². The molecule has 2 rings (SSSR count). The van der Waals surface area contributed by atoms with Gasteiger partial charge in [0.1, 0.15) is 11.3 Å². The van der Waals surface area contributed by atoms with Crippen LogP contribution >= 0.6 is 11.3 Å². The van der Waals surface area contributed by atoms with Crippen LogP contribution in [0.5, 0.6) is 5.75 Å². The third kappa shape index (κ3) is 4.09. The highest BCUT2D eigenvalue weighted by Gasteiger charge is 2.07. The van der Waals surface area contributed by atoms with E-state index >= 15 is 0 Å². The van der Waals surface area contributed by atoms with Gasteiger partial charge in [-0.1, -0.05) is 29.5 Å². The summed E-state index contributed by atoms with van der Waals surface area (Å²) in [6.45, 7) is -2.92. The van der Waals surface area contributed by atoms with Crippen molar-refractivity contribution in [2.24, 2.45) is 0 Å². The monoisotopic (exact) mass is 297 g/mol. The van der Waals surface area contributed by atoms with E-state index in [-0.39, 0.29) is 5.75 Å². The Kier molecular flexibility index (Phi) is 4.72. The van der Waals surface area contributed by atoms with Crippen molar-refractivity contribution in [2.45, 2.75) is 6.61 Å². The van der Waals surface area contributed by atoms with Crippen LogP contribution in [0, 0.1) is 0 Å². The molecule has 1 aromatic heterocycles. The van der Waals surface area contributed by atoms with E-state index in [0.717, 1.165) is 0 Å². The van der Waals surface area contributed by atoms with Gasteiger partial charge in [0.15, 0.2) is 0 Å². The van der Waals surface area contributed by atoms with E-state index in [1.165, 1.54) is 35.1 Å². The zero-order chi connectivity index (χ0) is 14.4. The lowest BCUT2D eigenvalue weighted by atomic mass is 10.2. The summed E-state index contributed by atoms with van der Waals surface area (Å²) in [6.07, 6.45) is 2.59. The third-order valence-corrected chi connectivity index (χ3v) is 2.75. The number of para-hydroxylation sites is 1. The zero-order valence-electron chi connectivity index (χ0n) is 9.99. The smallest absolute Gasteiger partial charge is 0.387 e. The second-order valence-corrected chi connectivity index (χ2v) is 4.32. The molecule has 0 saturated carbocycles. The van der Waals surface area contributed by atoms with E-state index in [4.69, 9.17) is 0 Å². The largest absolute Gasteiger partial charge is 0.434 e. The summed E-state index contributed by atoms with van der Waals surface area (Å²) in [7, 11) is 0. The Balaban J connectivity index is 2.05. The average molecular weight is 297 g/mol. The Hall–Kier alpha value is -2.35. The molecular formula is C12H9F2N3O2S. The molecular weight excluding hydrogens is 288 g/mol.